The van der Waals surface area contributed by atoms with E-state index in [4.69, 9.17) is 0 Å². The summed E-state index contributed by atoms with van der Waals surface area (Å²) in [5.74, 6) is 0. The zero-order valence-electron chi connectivity index (χ0n) is 35.4. The van der Waals surface area contributed by atoms with Crippen molar-refractivity contribution in [3.63, 3.8) is 0 Å². The SMILES string of the molecule is Brc1ccc2c(c1)-c1ccccc1C2.Brc1ccc2c(c1)c1ccccc1n2-c1cc(-c2ccccc2)cc(-c2ccccc2)c1.Ic1cc(-c2ccccc2)cc(-c2ccccc2)c1. The van der Waals surface area contributed by atoms with Crippen LogP contribution in [0.25, 0.3) is 83.1 Å². The molecule has 11 aromatic rings. The molecule has 0 bridgehead atoms. The van der Waals surface area contributed by atoms with Gasteiger partial charge in [-0.25, -0.2) is 0 Å². The number of nitrogens with zero attached hydrogens (tertiary/aromatic N) is 1. The van der Waals surface area contributed by atoms with Crippen LogP contribution in [-0.4, -0.2) is 4.57 Å². The first kappa shape index (κ1) is 42.6. The summed E-state index contributed by atoms with van der Waals surface area (Å²) in [6.45, 7) is 0. The Labute approximate surface area is 411 Å². The molecule has 1 aliphatic rings. The number of benzene rings is 10. The summed E-state index contributed by atoms with van der Waals surface area (Å²) >= 11 is 9.56. The van der Waals surface area contributed by atoms with Crippen molar-refractivity contribution < 1.29 is 0 Å². The molecule has 4 heteroatoms. The largest absolute Gasteiger partial charge is 0.309 e. The Morgan fingerprint density at radius 3 is 1.32 bits per heavy atom. The molecule has 65 heavy (non-hydrogen) atoms. The normalized spacial score (nSPS) is 11.2. The lowest BCUT2D eigenvalue weighted by Gasteiger charge is -2.14. The molecular weight excluding hydrogens is 1030 g/mol. The Hall–Kier alpha value is -6.31. The average Bonchev–Trinajstić information content (AvgIpc) is 3.90. The molecule has 0 saturated heterocycles. The number of hydrogen-bond acceptors (Lipinski definition) is 0. The van der Waals surface area contributed by atoms with E-state index in [1.165, 1.54) is 97.8 Å². The van der Waals surface area contributed by atoms with Crippen molar-refractivity contribution in [2.75, 3.05) is 0 Å². The highest BCUT2D eigenvalue weighted by atomic mass is 127. The van der Waals surface area contributed by atoms with Crippen molar-refractivity contribution in [1.82, 2.24) is 4.57 Å². The minimum Gasteiger partial charge on any atom is -0.309 e. The monoisotopic (exact) mass is 1070 g/mol. The van der Waals surface area contributed by atoms with Crippen LogP contribution in [0.15, 0.2) is 252 Å². The molecule has 1 aromatic heterocycles. The zero-order chi connectivity index (χ0) is 44.1. The van der Waals surface area contributed by atoms with Crippen molar-refractivity contribution in [2.45, 2.75) is 6.42 Å². The van der Waals surface area contributed by atoms with Crippen LogP contribution in [0, 0.1) is 3.57 Å². The Morgan fingerprint density at radius 1 is 0.323 bits per heavy atom. The molecule has 10 aromatic carbocycles. The van der Waals surface area contributed by atoms with Gasteiger partial charge in [0.15, 0.2) is 0 Å². The maximum Gasteiger partial charge on any atom is 0.0541 e. The maximum absolute atomic E-state index is 3.66. The molecule has 312 valence electrons. The van der Waals surface area contributed by atoms with E-state index in [0.29, 0.717) is 0 Å². The molecule has 0 saturated carbocycles. The van der Waals surface area contributed by atoms with Gasteiger partial charge in [0.2, 0.25) is 0 Å². The van der Waals surface area contributed by atoms with Gasteiger partial charge in [-0.3, -0.25) is 0 Å². The quantitative estimate of drug-likeness (QED) is 0.151. The first-order valence-corrected chi connectivity index (χ1v) is 24.3. The Kier molecular flexibility index (Phi) is 12.7. The second-order valence-corrected chi connectivity index (χ2v) is 19.2. The molecule has 0 fully saturated rings. The van der Waals surface area contributed by atoms with Crippen molar-refractivity contribution in [3.05, 3.63) is 266 Å². The lowest BCUT2D eigenvalue weighted by molar-refractivity contribution is 1.18. The second kappa shape index (κ2) is 19.4. The van der Waals surface area contributed by atoms with E-state index in [2.05, 4.69) is 302 Å². The van der Waals surface area contributed by atoms with E-state index >= 15 is 0 Å². The first-order valence-electron chi connectivity index (χ1n) is 21.7. The summed E-state index contributed by atoms with van der Waals surface area (Å²) < 4.78 is 5.90. The molecule has 0 aliphatic heterocycles. The highest BCUT2D eigenvalue weighted by Gasteiger charge is 2.18. The van der Waals surface area contributed by atoms with Crippen LogP contribution in [0.1, 0.15) is 11.1 Å². The third kappa shape index (κ3) is 9.44. The van der Waals surface area contributed by atoms with Gasteiger partial charge in [0, 0.05) is 29.0 Å². The minimum absolute atomic E-state index is 1.08. The van der Waals surface area contributed by atoms with E-state index in [9.17, 15) is 0 Å². The van der Waals surface area contributed by atoms with Crippen LogP contribution >= 0.6 is 54.5 Å². The molecule has 0 spiro atoms. The fraction of sp³-hybridized carbons (Fsp3) is 0.0164. The maximum atomic E-state index is 3.66. The smallest absolute Gasteiger partial charge is 0.0541 e. The summed E-state index contributed by atoms with van der Waals surface area (Å²) in [6, 6.07) is 86.2. The summed E-state index contributed by atoms with van der Waals surface area (Å²) in [6.07, 6.45) is 1.08. The van der Waals surface area contributed by atoms with Crippen LogP contribution in [-0.2, 0) is 6.42 Å². The first-order chi connectivity index (χ1) is 31.9. The number of hydrogen-bond donors (Lipinski definition) is 0. The molecular formula is C61H42Br2IN. The van der Waals surface area contributed by atoms with Crippen molar-refractivity contribution in [2.24, 2.45) is 0 Å². The molecule has 1 nitrogen and oxygen atoms in total. The standard InChI is InChI=1S/C30H20BrN.C18H13I.C13H9Br/c31-25-15-16-30-28(20-25)27-13-7-8-14-29(27)32(30)26-18-23(21-9-3-1-4-10-21)17-24(19-26)22-11-5-2-6-12-22;19-18-12-16(14-7-3-1-4-8-14)11-17(13-18)15-9-5-2-6-10-15;14-11-6-5-10-7-9-3-1-2-4-12(9)13(10)8-11/h1-20H;1-13H;1-6,8H,7H2. The zero-order valence-corrected chi connectivity index (χ0v) is 40.7. The second-order valence-electron chi connectivity index (χ2n) is 16.1. The fourth-order valence-electron chi connectivity index (χ4n) is 8.84. The molecule has 0 atom stereocenters. The highest BCUT2D eigenvalue weighted by molar-refractivity contribution is 14.1. The van der Waals surface area contributed by atoms with Crippen LogP contribution in [0.3, 0.4) is 0 Å². The topological polar surface area (TPSA) is 4.93 Å². The third-order valence-electron chi connectivity index (χ3n) is 11.9. The van der Waals surface area contributed by atoms with Gasteiger partial charge in [0.25, 0.3) is 0 Å². The summed E-state index contributed by atoms with van der Waals surface area (Å²) in [5, 5.41) is 2.51. The molecule has 0 amide bonds. The predicted molar refractivity (Wildman–Crippen MR) is 292 cm³/mol. The molecule has 0 N–H and O–H groups in total. The van der Waals surface area contributed by atoms with Gasteiger partial charge >= 0.3 is 0 Å². The number of para-hydroxylation sites is 1. The van der Waals surface area contributed by atoms with Crippen LogP contribution in [0.2, 0.25) is 0 Å². The van der Waals surface area contributed by atoms with E-state index < -0.39 is 0 Å². The van der Waals surface area contributed by atoms with E-state index in [1.807, 2.05) is 0 Å². The minimum atomic E-state index is 1.08. The molecule has 0 radical (unpaired) electrons. The molecule has 1 heterocycles. The van der Waals surface area contributed by atoms with Gasteiger partial charge in [-0.1, -0.05) is 202 Å². The van der Waals surface area contributed by atoms with Gasteiger partial charge < -0.3 is 4.57 Å². The van der Waals surface area contributed by atoms with Gasteiger partial charge in [-0.05, 0) is 169 Å². The fourth-order valence-corrected chi connectivity index (χ4v) is 10.2. The summed E-state index contributed by atoms with van der Waals surface area (Å²) in [4.78, 5) is 0. The molecule has 12 rings (SSSR count). The van der Waals surface area contributed by atoms with Crippen molar-refractivity contribution >= 4 is 76.3 Å². The van der Waals surface area contributed by atoms with Gasteiger partial charge in [-0.15, -0.1) is 0 Å². The van der Waals surface area contributed by atoms with Gasteiger partial charge in [0.05, 0.1) is 11.0 Å². The molecule has 1 aliphatic carbocycles. The third-order valence-corrected chi connectivity index (χ3v) is 13.5. The van der Waals surface area contributed by atoms with Crippen LogP contribution in [0.4, 0.5) is 0 Å². The van der Waals surface area contributed by atoms with E-state index in [0.717, 1.165) is 15.4 Å². The Morgan fingerprint density at radius 2 is 0.754 bits per heavy atom. The summed E-state index contributed by atoms with van der Waals surface area (Å²) in [7, 11) is 0. The van der Waals surface area contributed by atoms with Gasteiger partial charge in [-0.2, -0.15) is 0 Å². The number of halogens is 3. The van der Waals surface area contributed by atoms with Crippen molar-refractivity contribution in [3.8, 4) is 61.3 Å². The number of rotatable bonds is 5. The summed E-state index contributed by atoms with van der Waals surface area (Å²) in [5.41, 5.74) is 19.2. The molecule has 0 unspecified atom stereocenters. The number of fused-ring (bicyclic) bond motifs is 6. The highest BCUT2D eigenvalue weighted by Crippen LogP contribution is 2.39. The van der Waals surface area contributed by atoms with Crippen LogP contribution < -0.4 is 0 Å². The lowest BCUT2D eigenvalue weighted by Crippen LogP contribution is -1.96. The van der Waals surface area contributed by atoms with E-state index in [1.54, 1.807) is 0 Å². The lowest BCUT2D eigenvalue weighted by atomic mass is 9.98. The van der Waals surface area contributed by atoms with E-state index in [-0.39, 0.29) is 0 Å². The van der Waals surface area contributed by atoms with Crippen molar-refractivity contribution in [1.29, 1.82) is 0 Å². The van der Waals surface area contributed by atoms with Gasteiger partial charge in [0.1, 0.15) is 0 Å². The Bertz CT molecular complexity index is 3300. The average molecular weight is 1080 g/mol. The van der Waals surface area contributed by atoms with Crippen LogP contribution in [0.5, 0.6) is 0 Å². The Balaban J connectivity index is 0.000000127. The number of aromatic nitrogens is 1. The predicted octanol–water partition coefficient (Wildman–Crippen LogP) is 18.5.